The number of carbonyl (C=O) groups is 2. The summed E-state index contributed by atoms with van der Waals surface area (Å²) in [4.78, 5) is 25.2. The Balaban J connectivity index is 2.74. The van der Waals surface area contributed by atoms with E-state index in [0.717, 1.165) is 7.11 Å². The normalized spacial score (nSPS) is 16.4. The number of anilines is 1. The Morgan fingerprint density at radius 1 is 1.32 bits per heavy atom. The number of allylic oxidation sites excluding steroid dienone is 2. The number of rotatable bonds is 5. The van der Waals surface area contributed by atoms with E-state index in [1.165, 1.54) is 18.2 Å². The minimum absolute atomic E-state index is 0.0798. The maximum Gasteiger partial charge on any atom is 0.337 e. The monoisotopic (exact) mass is 386 g/mol. The summed E-state index contributed by atoms with van der Waals surface area (Å²) < 4.78 is 10.1. The molecule has 0 bridgehead atoms. The van der Waals surface area contributed by atoms with E-state index in [1.807, 2.05) is 6.07 Å². The fraction of sp³-hybridized carbons (Fsp3) is 0.316. The topological polar surface area (TPSA) is 135 Å². The molecule has 2 rings (SSSR count). The van der Waals surface area contributed by atoms with Crippen molar-refractivity contribution >= 4 is 17.6 Å². The van der Waals surface area contributed by atoms with Crippen LogP contribution in [0.25, 0.3) is 0 Å². The highest BCUT2D eigenvalue weighted by atomic mass is 16.8. The molecule has 1 heterocycles. The largest absolute Gasteiger partial charge is 0.733 e. The van der Waals surface area contributed by atoms with Crippen LogP contribution in [-0.4, -0.2) is 30.4 Å². The van der Waals surface area contributed by atoms with Crippen molar-refractivity contribution in [3.8, 4) is 6.07 Å². The van der Waals surface area contributed by atoms with E-state index < -0.39 is 24.0 Å². The van der Waals surface area contributed by atoms with Crippen molar-refractivity contribution in [3.05, 3.63) is 57.6 Å². The molecule has 0 aliphatic carbocycles. The van der Waals surface area contributed by atoms with E-state index >= 15 is 0 Å². The van der Waals surface area contributed by atoms with E-state index in [9.17, 15) is 25.3 Å². The zero-order valence-electron chi connectivity index (χ0n) is 15.8. The Morgan fingerprint density at radius 2 is 2.00 bits per heavy atom. The highest BCUT2D eigenvalue weighted by Gasteiger charge is 2.39. The van der Waals surface area contributed by atoms with Crippen molar-refractivity contribution in [2.45, 2.75) is 32.8 Å². The lowest BCUT2D eigenvalue weighted by Crippen LogP contribution is -2.33. The summed E-state index contributed by atoms with van der Waals surface area (Å²) in [6.07, 6.45) is -0.419. The van der Waals surface area contributed by atoms with Crippen LogP contribution in [0.5, 0.6) is 0 Å². The second-order valence-electron chi connectivity index (χ2n) is 6.31. The van der Waals surface area contributed by atoms with E-state index in [4.69, 9.17) is 9.47 Å². The van der Waals surface area contributed by atoms with E-state index in [1.54, 1.807) is 26.8 Å². The van der Waals surface area contributed by atoms with Gasteiger partial charge in [-0.25, -0.2) is 9.59 Å². The van der Waals surface area contributed by atoms with Crippen molar-refractivity contribution in [1.82, 2.24) is 5.32 Å². The van der Waals surface area contributed by atoms with Gasteiger partial charge in [0, 0.05) is 5.70 Å². The molecule has 0 spiro atoms. The standard InChI is InChI=1S/C19H20N3O6/c1-10(2)28-19(24)15-11(3)21-14(9-20)17(18(23)27-4)16(15)12-6-5-7-13(8-12)22(25)26/h5-8,10,16,21,25H,1-4H3/q-1. The highest BCUT2D eigenvalue weighted by Crippen LogP contribution is 2.40. The lowest BCUT2D eigenvalue weighted by molar-refractivity contribution is -0.143. The molecule has 0 fully saturated rings. The van der Waals surface area contributed by atoms with Gasteiger partial charge >= 0.3 is 11.9 Å². The van der Waals surface area contributed by atoms with Crippen molar-refractivity contribution < 1.29 is 24.3 Å². The molecule has 28 heavy (non-hydrogen) atoms. The molecule has 9 nitrogen and oxygen atoms in total. The van der Waals surface area contributed by atoms with E-state index in [-0.39, 0.29) is 27.8 Å². The first-order valence-electron chi connectivity index (χ1n) is 8.38. The van der Waals surface area contributed by atoms with Crippen molar-refractivity contribution in [3.63, 3.8) is 0 Å². The lowest BCUT2D eigenvalue weighted by atomic mass is 9.80. The van der Waals surface area contributed by atoms with Crippen LogP contribution in [0.4, 0.5) is 5.69 Å². The molecule has 0 amide bonds. The summed E-state index contributed by atoms with van der Waals surface area (Å²) in [5, 5.41) is 32.4. The molecular weight excluding hydrogens is 366 g/mol. The molecule has 148 valence electrons. The Morgan fingerprint density at radius 3 is 2.54 bits per heavy atom. The fourth-order valence-corrected chi connectivity index (χ4v) is 2.95. The number of ether oxygens (including phenoxy) is 2. The minimum atomic E-state index is -1.03. The molecule has 9 heteroatoms. The van der Waals surface area contributed by atoms with Gasteiger partial charge in [0.05, 0.1) is 36.0 Å². The van der Waals surface area contributed by atoms with Gasteiger partial charge in [0.2, 0.25) is 0 Å². The molecule has 0 radical (unpaired) electrons. The van der Waals surface area contributed by atoms with Crippen LogP contribution in [0, 0.1) is 16.5 Å². The predicted molar refractivity (Wildman–Crippen MR) is 98.5 cm³/mol. The summed E-state index contributed by atoms with van der Waals surface area (Å²) >= 11 is 0. The van der Waals surface area contributed by atoms with E-state index in [0.29, 0.717) is 11.3 Å². The number of hydrogen-bond acceptors (Lipinski definition) is 9. The Kier molecular flexibility index (Phi) is 6.41. The first kappa shape index (κ1) is 21.0. The lowest BCUT2D eigenvalue weighted by Gasteiger charge is -2.30. The Hall–Kier alpha value is -3.35. The van der Waals surface area contributed by atoms with Gasteiger partial charge in [-0.1, -0.05) is 12.1 Å². The maximum atomic E-state index is 12.8. The van der Waals surface area contributed by atoms with Crippen LogP contribution < -0.4 is 10.5 Å². The average Bonchev–Trinajstić information content (AvgIpc) is 2.65. The smallest absolute Gasteiger partial charge is 0.337 e. The quantitative estimate of drug-likeness (QED) is 0.577. The summed E-state index contributed by atoms with van der Waals surface area (Å²) in [5.74, 6) is -2.53. The number of esters is 2. The minimum Gasteiger partial charge on any atom is -0.733 e. The number of hydrogen-bond donors (Lipinski definition) is 2. The Bertz CT molecular complexity index is 895. The number of nitrogens with one attached hydrogen (secondary N) is 1. The third-order valence-electron chi connectivity index (χ3n) is 4.07. The first-order chi connectivity index (χ1) is 13.2. The van der Waals surface area contributed by atoms with Gasteiger partial charge in [0.15, 0.2) is 0 Å². The second-order valence-corrected chi connectivity index (χ2v) is 6.31. The summed E-state index contributed by atoms with van der Waals surface area (Å²) in [6, 6.07) is 7.62. The van der Waals surface area contributed by atoms with Crippen LogP contribution in [0.1, 0.15) is 32.3 Å². The van der Waals surface area contributed by atoms with Gasteiger partial charge in [0.1, 0.15) is 11.8 Å². The SMILES string of the molecule is COC(=O)C1=C(C#N)NC(C)=C(C(=O)OC(C)C)C1c1cccc(N([O-])O)c1. The summed E-state index contributed by atoms with van der Waals surface area (Å²) in [6.45, 7) is 4.93. The molecule has 1 aromatic carbocycles. The molecule has 1 aromatic rings. The third kappa shape index (κ3) is 4.14. The number of nitrogens with zero attached hydrogens (tertiary/aromatic N) is 2. The van der Waals surface area contributed by atoms with Crippen LogP contribution in [0.3, 0.4) is 0 Å². The molecule has 0 aromatic heterocycles. The second kappa shape index (κ2) is 8.56. The van der Waals surface area contributed by atoms with Crippen molar-refractivity contribution in [1.29, 1.82) is 5.26 Å². The maximum absolute atomic E-state index is 12.8. The number of benzene rings is 1. The molecular formula is C19H20N3O6-. The average molecular weight is 386 g/mol. The summed E-state index contributed by atoms with van der Waals surface area (Å²) in [7, 11) is 1.15. The molecule has 0 saturated heterocycles. The van der Waals surface area contributed by atoms with Crippen LogP contribution in [-0.2, 0) is 19.1 Å². The van der Waals surface area contributed by atoms with E-state index in [2.05, 4.69) is 5.32 Å². The zero-order valence-corrected chi connectivity index (χ0v) is 15.8. The molecule has 1 aliphatic rings. The van der Waals surface area contributed by atoms with Crippen LogP contribution >= 0.6 is 0 Å². The predicted octanol–water partition coefficient (Wildman–Crippen LogP) is 2.24. The number of carbonyl (C=O) groups excluding carboxylic acids is 2. The molecule has 1 unspecified atom stereocenters. The number of methoxy groups -OCH3 is 1. The molecule has 1 atom stereocenters. The number of dihydropyridines is 1. The van der Waals surface area contributed by atoms with Gasteiger partial charge in [-0.2, -0.15) is 5.26 Å². The third-order valence-corrected chi connectivity index (χ3v) is 4.07. The van der Waals surface area contributed by atoms with Crippen molar-refractivity contribution in [2.24, 2.45) is 0 Å². The molecule has 1 aliphatic heterocycles. The Labute approximate surface area is 162 Å². The van der Waals surface area contributed by atoms with Crippen molar-refractivity contribution in [2.75, 3.05) is 12.3 Å². The van der Waals surface area contributed by atoms with Gasteiger partial charge < -0.3 is 25.2 Å². The van der Waals surface area contributed by atoms with Gasteiger partial charge in [-0.15, -0.1) is 0 Å². The van der Waals surface area contributed by atoms with Crippen LogP contribution in [0.15, 0.2) is 46.8 Å². The highest BCUT2D eigenvalue weighted by molar-refractivity contribution is 6.00. The fourth-order valence-electron chi connectivity index (χ4n) is 2.95. The van der Waals surface area contributed by atoms with Gasteiger partial charge in [-0.05, 0) is 38.5 Å². The first-order valence-corrected chi connectivity index (χ1v) is 8.38. The number of nitriles is 1. The zero-order chi connectivity index (χ0) is 21.0. The molecule has 2 N–H and O–H groups in total. The molecule has 0 saturated carbocycles. The summed E-state index contributed by atoms with van der Waals surface area (Å²) in [5.41, 5.74) is 0.474. The van der Waals surface area contributed by atoms with Gasteiger partial charge in [0.25, 0.3) is 0 Å². The van der Waals surface area contributed by atoms with Gasteiger partial charge in [-0.3, -0.25) is 5.21 Å². The van der Waals surface area contributed by atoms with Crippen LogP contribution in [0.2, 0.25) is 0 Å².